The van der Waals surface area contributed by atoms with Crippen molar-refractivity contribution in [2.45, 2.75) is 104 Å². The normalized spacial score (nSPS) is 10.8. The van der Waals surface area contributed by atoms with Crippen LogP contribution in [0.3, 0.4) is 0 Å². The summed E-state index contributed by atoms with van der Waals surface area (Å²) in [5.41, 5.74) is 4.89. The molecule has 0 unspecified atom stereocenters. The fraction of sp³-hybridized carbons (Fsp3) is 0.515. The number of benzene rings is 2. The molecular formula is C33H46BrClN2O2S. The van der Waals surface area contributed by atoms with E-state index in [0.29, 0.717) is 11.6 Å². The van der Waals surface area contributed by atoms with Crippen LogP contribution in [0.25, 0.3) is 0 Å². The molecule has 0 fully saturated rings. The highest BCUT2D eigenvalue weighted by atomic mass is 79.9. The molecule has 3 rings (SSSR count). The molecule has 0 saturated carbocycles. The molecule has 4 nitrogen and oxygen atoms in total. The molecular weight excluding hydrogens is 604 g/mol. The van der Waals surface area contributed by atoms with Crippen molar-refractivity contribution in [3.8, 4) is 5.75 Å². The fourth-order valence-electron chi connectivity index (χ4n) is 4.70. The topological polar surface area (TPSA) is 42.2 Å². The number of rotatable bonds is 19. The second-order valence-electron chi connectivity index (χ2n) is 10.5. The van der Waals surface area contributed by atoms with Gasteiger partial charge in [0.1, 0.15) is 5.75 Å². The molecule has 2 aromatic carbocycles. The Balaban J connectivity index is 0.00000560. The van der Waals surface area contributed by atoms with Crippen molar-refractivity contribution in [3.63, 3.8) is 0 Å². The van der Waals surface area contributed by atoms with Crippen LogP contribution in [0.4, 0.5) is 5.69 Å². The smallest absolute Gasteiger partial charge is 0.228 e. The molecule has 7 heteroatoms. The third-order valence-corrected chi connectivity index (χ3v) is 8.17. The number of hydrogen-bond acceptors (Lipinski definition) is 3. The van der Waals surface area contributed by atoms with Crippen molar-refractivity contribution in [2.75, 3.05) is 11.9 Å². The lowest BCUT2D eigenvalue weighted by molar-refractivity contribution is -0.683. The lowest BCUT2D eigenvalue weighted by atomic mass is 10.1. The van der Waals surface area contributed by atoms with E-state index in [0.717, 1.165) is 30.0 Å². The second kappa shape index (κ2) is 20.1. The molecule has 1 aromatic heterocycles. The van der Waals surface area contributed by atoms with Crippen LogP contribution >= 0.6 is 22.9 Å². The predicted octanol–water partition coefficient (Wildman–Crippen LogP) is 6.31. The molecule has 1 amide bonds. The SMILES string of the molecule is CCCCCCCCCCCCCCOc1ccc(CC(=O)Nc2ccc(C[n+]3csc(C)c3)cc2)c(Cl)c1.[Br-]. The largest absolute Gasteiger partial charge is 1.00 e. The number of ether oxygens (including phenoxy) is 1. The monoisotopic (exact) mass is 648 g/mol. The Morgan fingerprint density at radius 1 is 0.900 bits per heavy atom. The summed E-state index contributed by atoms with van der Waals surface area (Å²) >= 11 is 8.21. The molecule has 3 aromatic rings. The van der Waals surface area contributed by atoms with E-state index in [2.05, 4.69) is 35.4 Å². The van der Waals surface area contributed by atoms with Crippen LogP contribution in [0.15, 0.2) is 54.2 Å². The number of nitrogens with one attached hydrogen (secondary N) is 1. The van der Waals surface area contributed by atoms with E-state index in [1.807, 2.05) is 42.5 Å². The van der Waals surface area contributed by atoms with Crippen LogP contribution in [-0.2, 0) is 17.8 Å². The van der Waals surface area contributed by atoms with Crippen molar-refractivity contribution >= 4 is 34.5 Å². The third-order valence-electron chi connectivity index (χ3n) is 6.97. The summed E-state index contributed by atoms with van der Waals surface area (Å²) in [6.07, 6.45) is 18.3. The van der Waals surface area contributed by atoms with E-state index in [4.69, 9.17) is 16.3 Å². The van der Waals surface area contributed by atoms with Crippen LogP contribution in [0.2, 0.25) is 5.02 Å². The standard InChI is InChI=1S/C33H45ClN2O2S.BrH/c1-3-4-5-6-7-8-9-10-11-12-13-14-21-38-31-20-17-29(32(34)23-31)22-33(37)35-30-18-15-28(16-19-30)25-36-24-27(2)39-26-36;/h15-20,23-24,26H,3-14,21-22,25H2,1-2H3;1H. The predicted molar refractivity (Wildman–Crippen MR) is 165 cm³/mol. The number of thiazole rings is 1. The summed E-state index contributed by atoms with van der Waals surface area (Å²) in [4.78, 5) is 13.9. The highest BCUT2D eigenvalue weighted by Crippen LogP contribution is 2.24. The molecule has 0 aliphatic rings. The molecule has 0 aliphatic heterocycles. The summed E-state index contributed by atoms with van der Waals surface area (Å²) < 4.78 is 8.07. The van der Waals surface area contributed by atoms with Crippen LogP contribution in [-0.4, -0.2) is 12.5 Å². The van der Waals surface area contributed by atoms with E-state index in [1.165, 1.54) is 81.1 Å². The molecule has 1 N–H and O–H groups in total. The number of halogens is 2. The minimum atomic E-state index is -0.0855. The molecule has 220 valence electrons. The number of carbonyl (C=O) groups is 1. The Morgan fingerprint density at radius 3 is 2.10 bits per heavy atom. The minimum absolute atomic E-state index is 0. The van der Waals surface area contributed by atoms with Gasteiger partial charge in [-0.25, -0.2) is 0 Å². The zero-order valence-electron chi connectivity index (χ0n) is 24.2. The highest BCUT2D eigenvalue weighted by Gasteiger charge is 2.10. The number of carbonyl (C=O) groups excluding carboxylic acids is 1. The van der Waals surface area contributed by atoms with Gasteiger partial charge in [0.25, 0.3) is 0 Å². The van der Waals surface area contributed by atoms with Gasteiger partial charge in [0.2, 0.25) is 11.4 Å². The van der Waals surface area contributed by atoms with Crippen molar-refractivity contribution in [1.29, 1.82) is 0 Å². The Bertz CT molecular complexity index is 1120. The molecule has 1 heterocycles. The van der Waals surface area contributed by atoms with Crippen molar-refractivity contribution < 1.29 is 31.1 Å². The molecule has 0 saturated heterocycles. The fourth-order valence-corrected chi connectivity index (χ4v) is 5.58. The lowest BCUT2D eigenvalue weighted by Gasteiger charge is -2.10. The van der Waals surface area contributed by atoms with Crippen molar-refractivity contribution in [2.24, 2.45) is 0 Å². The second-order valence-corrected chi connectivity index (χ2v) is 12.0. The van der Waals surface area contributed by atoms with Gasteiger partial charge in [-0.3, -0.25) is 4.79 Å². The van der Waals surface area contributed by atoms with Gasteiger partial charge in [-0.1, -0.05) is 119 Å². The Morgan fingerprint density at radius 2 is 1.52 bits per heavy atom. The summed E-state index contributed by atoms with van der Waals surface area (Å²) in [7, 11) is 0. The summed E-state index contributed by atoms with van der Waals surface area (Å²) in [5.74, 6) is 0.680. The van der Waals surface area contributed by atoms with Crippen molar-refractivity contribution in [1.82, 2.24) is 0 Å². The van der Waals surface area contributed by atoms with Gasteiger partial charge in [-0.15, -0.1) is 0 Å². The quantitative estimate of drug-likeness (QED) is 0.122. The van der Waals surface area contributed by atoms with Crippen LogP contribution < -0.4 is 31.6 Å². The van der Waals surface area contributed by atoms with Gasteiger partial charge in [0.15, 0.2) is 12.7 Å². The molecule has 0 aliphatic carbocycles. The molecule has 0 bridgehead atoms. The zero-order chi connectivity index (χ0) is 27.7. The number of amides is 1. The van der Waals surface area contributed by atoms with E-state index < -0.39 is 0 Å². The maximum Gasteiger partial charge on any atom is 0.228 e. The number of nitrogens with zero attached hydrogens (tertiary/aromatic N) is 1. The number of unbranched alkanes of at least 4 members (excludes halogenated alkanes) is 11. The maximum atomic E-state index is 12.6. The molecule has 0 atom stereocenters. The highest BCUT2D eigenvalue weighted by molar-refractivity contribution is 7.09. The Labute approximate surface area is 261 Å². The van der Waals surface area contributed by atoms with Crippen LogP contribution in [0.5, 0.6) is 5.75 Å². The third kappa shape index (κ3) is 13.6. The van der Waals surface area contributed by atoms with Gasteiger partial charge in [0.05, 0.1) is 17.9 Å². The van der Waals surface area contributed by atoms with E-state index in [9.17, 15) is 4.79 Å². The molecule has 0 radical (unpaired) electrons. The van der Waals surface area contributed by atoms with E-state index in [1.54, 1.807) is 11.3 Å². The Kier molecular flexibility index (Phi) is 17.2. The Hall–Kier alpha value is -1.89. The number of anilines is 1. The first kappa shape index (κ1) is 34.3. The number of aromatic nitrogens is 1. The van der Waals surface area contributed by atoms with Gasteiger partial charge in [0, 0.05) is 16.3 Å². The van der Waals surface area contributed by atoms with Gasteiger partial charge >= 0.3 is 0 Å². The van der Waals surface area contributed by atoms with Crippen LogP contribution in [0.1, 0.15) is 100.0 Å². The van der Waals surface area contributed by atoms with Gasteiger partial charge in [-0.2, -0.15) is 4.57 Å². The maximum absolute atomic E-state index is 12.6. The van der Waals surface area contributed by atoms with Crippen LogP contribution in [0, 0.1) is 6.92 Å². The van der Waals surface area contributed by atoms with Crippen molar-refractivity contribution in [3.05, 3.63) is 75.2 Å². The first-order valence-corrected chi connectivity index (χ1v) is 16.0. The van der Waals surface area contributed by atoms with Gasteiger partial charge in [-0.05, 0) is 43.2 Å². The average molecular weight is 650 g/mol. The molecule has 40 heavy (non-hydrogen) atoms. The summed E-state index contributed by atoms with van der Waals surface area (Å²) in [6, 6.07) is 13.6. The number of aryl methyl sites for hydroxylation is 1. The lowest BCUT2D eigenvalue weighted by Crippen LogP contribution is -3.00. The molecule has 0 spiro atoms. The van der Waals surface area contributed by atoms with Gasteiger partial charge < -0.3 is 27.0 Å². The minimum Gasteiger partial charge on any atom is -1.00 e. The first-order chi connectivity index (χ1) is 19.0. The van der Waals surface area contributed by atoms with E-state index >= 15 is 0 Å². The van der Waals surface area contributed by atoms with E-state index in [-0.39, 0.29) is 29.3 Å². The zero-order valence-corrected chi connectivity index (χ0v) is 27.4. The summed E-state index contributed by atoms with van der Waals surface area (Å²) in [6.45, 7) is 5.90. The average Bonchev–Trinajstić information content (AvgIpc) is 3.33. The first-order valence-electron chi connectivity index (χ1n) is 14.8. The summed E-state index contributed by atoms with van der Waals surface area (Å²) in [5, 5.41) is 3.54. The number of hydrogen-bond donors (Lipinski definition) is 1.